The molecule has 0 unspecified atom stereocenters. The lowest BCUT2D eigenvalue weighted by Gasteiger charge is -2.13. The van der Waals surface area contributed by atoms with E-state index in [0.717, 1.165) is 35.2 Å². The first-order chi connectivity index (χ1) is 13.6. The molecule has 0 saturated carbocycles. The number of rotatable bonds is 8. The fourth-order valence-electron chi connectivity index (χ4n) is 2.75. The molecule has 0 aliphatic carbocycles. The monoisotopic (exact) mass is 398 g/mol. The average molecular weight is 399 g/mol. The van der Waals surface area contributed by atoms with Crippen molar-refractivity contribution in [3.05, 3.63) is 64.9 Å². The predicted octanol–water partition coefficient (Wildman–Crippen LogP) is 4.85. The van der Waals surface area contributed by atoms with E-state index in [9.17, 15) is 0 Å². The van der Waals surface area contributed by atoms with Crippen LogP contribution >= 0.6 is 11.6 Å². The van der Waals surface area contributed by atoms with Gasteiger partial charge in [-0.15, -0.1) is 0 Å². The Hall–Kier alpha value is -2.99. The Morgan fingerprint density at radius 1 is 0.929 bits per heavy atom. The molecule has 146 valence electrons. The maximum Gasteiger partial charge on any atom is 0.146 e. The lowest BCUT2D eigenvalue weighted by molar-refractivity contribution is 0.395. The molecule has 1 aromatic heterocycles. The predicted molar refractivity (Wildman–Crippen MR) is 113 cm³/mol. The highest BCUT2D eigenvalue weighted by atomic mass is 35.5. The zero-order valence-corrected chi connectivity index (χ0v) is 16.9. The van der Waals surface area contributed by atoms with Crippen LogP contribution in [-0.2, 0) is 6.42 Å². The third-order valence-electron chi connectivity index (χ3n) is 4.14. The Bertz CT molecular complexity index is 932. The number of hydrogen-bond acceptors (Lipinski definition) is 6. The summed E-state index contributed by atoms with van der Waals surface area (Å²) in [7, 11) is 3.24. The van der Waals surface area contributed by atoms with Crippen LogP contribution in [0.15, 0.2) is 48.5 Å². The van der Waals surface area contributed by atoms with Gasteiger partial charge in [-0.25, -0.2) is 9.97 Å². The van der Waals surface area contributed by atoms with Crippen molar-refractivity contribution < 1.29 is 9.47 Å². The van der Waals surface area contributed by atoms with Gasteiger partial charge < -0.3 is 20.1 Å². The van der Waals surface area contributed by atoms with Gasteiger partial charge in [-0.2, -0.15) is 0 Å². The second kappa shape index (κ2) is 9.28. The largest absolute Gasteiger partial charge is 0.497 e. The summed E-state index contributed by atoms with van der Waals surface area (Å²) >= 11 is 5.93. The molecule has 6 nitrogen and oxygen atoms in total. The summed E-state index contributed by atoms with van der Waals surface area (Å²) in [5, 5.41) is 7.37. The first-order valence-electron chi connectivity index (χ1n) is 8.90. The fraction of sp³-hybridized carbons (Fsp3) is 0.238. The van der Waals surface area contributed by atoms with Crippen molar-refractivity contribution in [3.63, 3.8) is 0 Å². The summed E-state index contributed by atoms with van der Waals surface area (Å²) < 4.78 is 10.7. The van der Waals surface area contributed by atoms with Gasteiger partial charge in [-0.1, -0.05) is 23.7 Å². The van der Waals surface area contributed by atoms with Crippen molar-refractivity contribution in [1.82, 2.24) is 9.97 Å². The normalized spacial score (nSPS) is 10.4. The standard InChI is InChI=1S/C21H23ClN4O2/c1-14-24-20(23-11-10-15-4-6-16(22)7-5-15)13-21(25-14)26-18-9-8-17(27-2)12-19(18)28-3/h4-9,12-13H,10-11H2,1-3H3,(H2,23,24,25,26). The van der Waals surface area contributed by atoms with Crippen LogP contribution in [-0.4, -0.2) is 30.7 Å². The highest BCUT2D eigenvalue weighted by Gasteiger charge is 2.08. The topological polar surface area (TPSA) is 68.3 Å². The number of nitrogens with zero attached hydrogens (tertiary/aromatic N) is 2. The molecule has 3 rings (SSSR count). The van der Waals surface area contributed by atoms with E-state index in [0.29, 0.717) is 17.4 Å². The number of aryl methyl sites for hydroxylation is 1. The molecule has 2 aromatic carbocycles. The molecule has 0 aliphatic heterocycles. The minimum Gasteiger partial charge on any atom is -0.497 e. The summed E-state index contributed by atoms with van der Waals surface area (Å²) in [6.07, 6.45) is 0.870. The lowest BCUT2D eigenvalue weighted by atomic mass is 10.1. The van der Waals surface area contributed by atoms with Crippen LogP contribution in [0.1, 0.15) is 11.4 Å². The van der Waals surface area contributed by atoms with E-state index >= 15 is 0 Å². The second-order valence-electron chi connectivity index (χ2n) is 6.18. The van der Waals surface area contributed by atoms with Gasteiger partial charge in [0.15, 0.2) is 0 Å². The molecule has 0 bridgehead atoms. The van der Waals surface area contributed by atoms with E-state index in [4.69, 9.17) is 21.1 Å². The lowest BCUT2D eigenvalue weighted by Crippen LogP contribution is -2.08. The number of hydrogen-bond donors (Lipinski definition) is 2. The quantitative estimate of drug-likeness (QED) is 0.565. The SMILES string of the molecule is COc1ccc(Nc2cc(NCCc3ccc(Cl)cc3)nc(C)n2)c(OC)c1. The highest BCUT2D eigenvalue weighted by molar-refractivity contribution is 6.30. The van der Waals surface area contributed by atoms with Gasteiger partial charge in [0.25, 0.3) is 0 Å². The van der Waals surface area contributed by atoms with Gasteiger partial charge in [0.1, 0.15) is 29.0 Å². The Morgan fingerprint density at radius 2 is 1.68 bits per heavy atom. The van der Waals surface area contributed by atoms with Crippen molar-refractivity contribution in [2.75, 3.05) is 31.4 Å². The van der Waals surface area contributed by atoms with Crippen molar-refractivity contribution >= 4 is 28.9 Å². The average Bonchev–Trinajstić information content (AvgIpc) is 2.69. The van der Waals surface area contributed by atoms with Gasteiger partial charge >= 0.3 is 0 Å². The second-order valence-corrected chi connectivity index (χ2v) is 6.62. The molecule has 0 spiro atoms. The highest BCUT2D eigenvalue weighted by Crippen LogP contribution is 2.31. The number of ether oxygens (including phenoxy) is 2. The summed E-state index contributed by atoms with van der Waals surface area (Å²) in [5.41, 5.74) is 2.01. The molecule has 7 heteroatoms. The number of benzene rings is 2. The first kappa shape index (κ1) is 19.8. The van der Waals surface area contributed by atoms with Crippen LogP contribution in [0.5, 0.6) is 11.5 Å². The Morgan fingerprint density at radius 3 is 2.39 bits per heavy atom. The molecule has 1 heterocycles. The molecule has 0 aliphatic rings. The summed E-state index contributed by atoms with van der Waals surface area (Å²) in [4.78, 5) is 8.92. The Balaban J connectivity index is 1.68. The van der Waals surface area contributed by atoms with Crippen LogP contribution in [0.4, 0.5) is 17.3 Å². The molecule has 0 amide bonds. The smallest absolute Gasteiger partial charge is 0.146 e. The zero-order chi connectivity index (χ0) is 19.9. The number of aromatic nitrogens is 2. The number of halogens is 1. The number of methoxy groups -OCH3 is 2. The summed E-state index contributed by atoms with van der Waals surface area (Å²) in [5.74, 6) is 3.52. The van der Waals surface area contributed by atoms with E-state index < -0.39 is 0 Å². The minimum absolute atomic E-state index is 0.673. The van der Waals surface area contributed by atoms with Gasteiger partial charge in [-0.05, 0) is 43.2 Å². The molecule has 28 heavy (non-hydrogen) atoms. The van der Waals surface area contributed by atoms with Crippen LogP contribution in [0, 0.1) is 6.92 Å². The van der Waals surface area contributed by atoms with Gasteiger partial charge in [0, 0.05) is 23.7 Å². The molecule has 0 fully saturated rings. The minimum atomic E-state index is 0.673. The van der Waals surface area contributed by atoms with Crippen LogP contribution in [0.3, 0.4) is 0 Å². The van der Waals surface area contributed by atoms with Gasteiger partial charge in [-0.3, -0.25) is 0 Å². The summed E-state index contributed by atoms with van der Waals surface area (Å²) in [6.45, 7) is 2.62. The maximum absolute atomic E-state index is 5.93. The van der Waals surface area contributed by atoms with E-state index in [2.05, 4.69) is 20.6 Å². The first-order valence-corrected chi connectivity index (χ1v) is 9.28. The number of anilines is 3. The molecule has 3 aromatic rings. The maximum atomic E-state index is 5.93. The van der Waals surface area contributed by atoms with Gasteiger partial charge in [0.2, 0.25) is 0 Å². The van der Waals surface area contributed by atoms with E-state index in [1.54, 1.807) is 14.2 Å². The third-order valence-corrected chi connectivity index (χ3v) is 4.39. The fourth-order valence-corrected chi connectivity index (χ4v) is 2.87. The molecule has 2 N–H and O–H groups in total. The van der Waals surface area contributed by atoms with Crippen molar-refractivity contribution in [1.29, 1.82) is 0 Å². The van der Waals surface area contributed by atoms with E-state index in [-0.39, 0.29) is 0 Å². The molecule has 0 atom stereocenters. The van der Waals surface area contributed by atoms with Gasteiger partial charge in [0.05, 0.1) is 19.9 Å². The van der Waals surface area contributed by atoms with Crippen molar-refractivity contribution in [2.45, 2.75) is 13.3 Å². The molecular weight excluding hydrogens is 376 g/mol. The van der Waals surface area contributed by atoms with Crippen molar-refractivity contribution in [3.8, 4) is 11.5 Å². The molecular formula is C21H23ClN4O2. The van der Waals surface area contributed by atoms with Crippen LogP contribution < -0.4 is 20.1 Å². The zero-order valence-electron chi connectivity index (χ0n) is 16.1. The van der Waals surface area contributed by atoms with Crippen molar-refractivity contribution in [2.24, 2.45) is 0 Å². The molecule has 0 radical (unpaired) electrons. The van der Waals surface area contributed by atoms with Crippen LogP contribution in [0.2, 0.25) is 5.02 Å². The van der Waals surface area contributed by atoms with E-state index in [1.807, 2.05) is 55.5 Å². The third kappa shape index (κ3) is 5.27. The Kier molecular flexibility index (Phi) is 6.55. The number of nitrogens with one attached hydrogen (secondary N) is 2. The summed E-state index contributed by atoms with van der Waals surface area (Å²) in [6, 6.07) is 15.3. The Labute approximate surface area is 169 Å². The molecule has 0 saturated heterocycles. The van der Waals surface area contributed by atoms with Crippen LogP contribution in [0.25, 0.3) is 0 Å². The van der Waals surface area contributed by atoms with E-state index in [1.165, 1.54) is 5.56 Å².